The average molecular weight is 545 g/mol. The number of halogens is 2. The number of aliphatic carboxylic acids is 1. The van der Waals surface area contributed by atoms with Crippen molar-refractivity contribution in [2.24, 2.45) is 7.05 Å². The summed E-state index contributed by atoms with van der Waals surface area (Å²) in [5.74, 6) is -1.87. The van der Waals surface area contributed by atoms with Gasteiger partial charge in [-0.05, 0) is 51.6 Å². The van der Waals surface area contributed by atoms with E-state index in [1.54, 1.807) is 23.7 Å². The van der Waals surface area contributed by atoms with Crippen molar-refractivity contribution in [1.82, 2.24) is 9.88 Å². The van der Waals surface area contributed by atoms with Crippen LogP contribution in [0.15, 0.2) is 89.7 Å². The van der Waals surface area contributed by atoms with Gasteiger partial charge in [0, 0.05) is 19.0 Å². The normalized spacial score (nSPS) is 12.0. The van der Waals surface area contributed by atoms with Crippen molar-refractivity contribution in [3.05, 3.63) is 116 Å². The second-order valence-corrected chi connectivity index (χ2v) is 9.78. The number of carboxylic acid groups (broad SMARTS) is 1. The van der Waals surface area contributed by atoms with E-state index in [0.717, 1.165) is 27.2 Å². The monoisotopic (exact) mass is 544 g/mol. The fraction of sp³-hybridized carbons (Fsp3) is 0.100. The molecule has 2 N–H and O–H groups in total. The third-order valence-electron chi connectivity index (χ3n) is 6.65. The van der Waals surface area contributed by atoms with Crippen molar-refractivity contribution in [2.75, 3.05) is 0 Å². The minimum absolute atomic E-state index is 0.0136. The summed E-state index contributed by atoms with van der Waals surface area (Å²) < 4.78 is 1.63. The predicted octanol–water partition coefficient (Wildman–Crippen LogP) is 6.09. The molecule has 0 spiro atoms. The summed E-state index contributed by atoms with van der Waals surface area (Å²) in [6, 6.07) is 24.1. The Morgan fingerprint density at radius 3 is 2.24 bits per heavy atom. The second kappa shape index (κ2) is 10.3. The molecule has 38 heavy (non-hydrogen) atoms. The number of para-hydroxylation sites is 1. The van der Waals surface area contributed by atoms with Gasteiger partial charge in [0.05, 0.1) is 21.1 Å². The molecule has 8 heteroatoms. The van der Waals surface area contributed by atoms with Crippen molar-refractivity contribution >= 4 is 56.8 Å². The van der Waals surface area contributed by atoms with Crippen molar-refractivity contribution in [3.8, 4) is 11.1 Å². The van der Waals surface area contributed by atoms with Crippen LogP contribution >= 0.6 is 23.2 Å². The smallest absolute Gasteiger partial charge is 0.326 e. The van der Waals surface area contributed by atoms with Gasteiger partial charge >= 0.3 is 5.97 Å². The molecule has 5 rings (SSSR count). The fourth-order valence-corrected chi connectivity index (χ4v) is 5.32. The van der Waals surface area contributed by atoms with E-state index in [-0.39, 0.29) is 27.6 Å². The van der Waals surface area contributed by atoms with Gasteiger partial charge in [0.15, 0.2) is 0 Å². The number of carbonyl (C=O) groups is 2. The van der Waals surface area contributed by atoms with Crippen LogP contribution in [0.2, 0.25) is 10.0 Å². The van der Waals surface area contributed by atoms with Crippen LogP contribution in [0, 0.1) is 0 Å². The summed E-state index contributed by atoms with van der Waals surface area (Å²) >= 11 is 12.3. The van der Waals surface area contributed by atoms with Gasteiger partial charge in [-0.2, -0.15) is 0 Å². The highest BCUT2D eigenvalue weighted by Gasteiger charge is 2.25. The Bertz CT molecular complexity index is 1780. The molecule has 1 unspecified atom stereocenters. The predicted molar refractivity (Wildman–Crippen MR) is 151 cm³/mol. The van der Waals surface area contributed by atoms with Crippen molar-refractivity contribution < 1.29 is 14.7 Å². The first-order valence-electron chi connectivity index (χ1n) is 11.8. The lowest BCUT2D eigenvalue weighted by Gasteiger charge is -2.18. The Balaban J connectivity index is 1.56. The molecule has 0 radical (unpaired) electrons. The number of aromatic nitrogens is 1. The number of carboxylic acids is 1. The van der Waals surface area contributed by atoms with Crippen molar-refractivity contribution in [2.45, 2.75) is 12.5 Å². The Hall–Kier alpha value is -4.13. The number of fused-ring (bicyclic) bond motifs is 2. The quantitative estimate of drug-likeness (QED) is 0.270. The molecular formula is C30H22Cl2N2O4. The van der Waals surface area contributed by atoms with E-state index < -0.39 is 17.9 Å². The molecule has 1 heterocycles. The maximum Gasteiger partial charge on any atom is 0.326 e. The van der Waals surface area contributed by atoms with Crippen LogP contribution in [0.25, 0.3) is 32.8 Å². The molecule has 0 bridgehead atoms. The number of pyridine rings is 1. The maximum absolute atomic E-state index is 13.3. The summed E-state index contributed by atoms with van der Waals surface area (Å²) in [6.07, 6.45) is 0.0136. The lowest BCUT2D eigenvalue weighted by molar-refractivity contribution is -0.139. The van der Waals surface area contributed by atoms with Gasteiger partial charge in [-0.25, -0.2) is 4.79 Å². The lowest BCUT2D eigenvalue weighted by Crippen LogP contribution is -2.42. The summed E-state index contributed by atoms with van der Waals surface area (Å²) in [7, 11) is 1.75. The third-order valence-corrected chi connectivity index (χ3v) is 7.28. The van der Waals surface area contributed by atoms with Gasteiger partial charge in [0.25, 0.3) is 11.5 Å². The Morgan fingerprint density at radius 1 is 0.868 bits per heavy atom. The van der Waals surface area contributed by atoms with Crippen molar-refractivity contribution in [3.63, 3.8) is 0 Å². The molecule has 0 aliphatic rings. The number of aryl methyl sites for hydroxylation is 1. The van der Waals surface area contributed by atoms with Gasteiger partial charge in [0.1, 0.15) is 6.04 Å². The van der Waals surface area contributed by atoms with E-state index in [1.807, 2.05) is 60.7 Å². The molecule has 0 fully saturated rings. The van der Waals surface area contributed by atoms with E-state index in [9.17, 15) is 19.5 Å². The van der Waals surface area contributed by atoms with Gasteiger partial charge < -0.3 is 15.0 Å². The first-order chi connectivity index (χ1) is 18.3. The number of nitrogens with zero attached hydrogens (tertiary/aromatic N) is 1. The molecule has 0 saturated heterocycles. The minimum atomic E-state index is -1.24. The van der Waals surface area contributed by atoms with E-state index in [4.69, 9.17) is 23.2 Å². The highest BCUT2D eigenvalue weighted by Crippen LogP contribution is 2.31. The van der Waals surface area contributed by atoms with Crippen LogP contribution in [-0.2, 0) is 18.3 Å². The number of hydrogen-bond donors (Lipinski definition) is 2. The molecule has 6 nitrogen and oxygen atoms in total. The number of benzene rings is 4. The molecule has 4 aromatic carbocycles. The average Bonchev–Trinajstić information content (AvgIpc) is 2.90. The molecular weight excluding hydrogens is 523 g/mol. The molecule has 190 valence electrons. The Kier molecular flexibility index (Phi) is 6.93. The largest absolute Gasteiger partial charge is 0.480 e. The Morgan fingerprint density at radius 2 is 1.53 bits per heavy atom. The second-order valence-electron chi connectivity index (χ2n) is 8.96. The number of amides is 1. The van der Waals surface area contributed by atoms with E-state index in [1.165, 1.54) is 12.1 Å². The van der Waals surface area contributed by atoms with Gasteiger partial charge in [-0.1, -0.05) is 83.9 Å². The molecule has 0 saturated carbocycles. The third kappa shape index (κ3) is 4.64. The molecule has 5 aromatic rings. The molecule has 1 aromatic heterocycles. The number of nitrogens with one attached hydrogen (secondary N) is 1. The molecule has 0 aliphatic carbocycles. The van der Waals surface area contributed by atoms with Crippen LogP contribution in [0.5, 0.6) is 0 Å². The van der Waals surface area contributed by atoms with Crippen LogP contribution in [0.1, 0.15) is 15.9 Å². The van der Waals surface area contributed by atoms with E-state index in [2.05, 4.69) is 5.32 Å². The lowest BCUT2D eigenvalue weighted by atomic mass is 9.92. The molecule has 1 atom stereocenters. The zero-order chi connectivity index (χ0) is 27.0. The first kappa shape index (κ1) is 25.5. The number of carbonyl (C=O) groups excluding carboxylic acids is 1. The number of hydrogen-bond acceptors (Lipinski definition) is 3. The summed E-state index contributed by atoms with van der Waals surface area (Å²) in [5.41, 5.74) is 2.73. The molecule has 1 amide bonds. The van der Waals surface area contributed by atoms with Crippen LogP contribution in [-0.4, -0.2) is 27.6 Å². The maximum atomic E-state index is 13.3. The van der Waals surface area contributed by atoms with E-state index in [0.29, 0.717) is 11.1 Å². The number of rotatable bonds is 6. The summed E-state index contributed by atoms with van der Waals surface area (Å²) in [5, 5.41) is 15.3. The highest BCUT2D eigenvalue weighted by molar-refractivity contribution is 6.39. The van der Waals surface area contributed by atoms with Gasteiger partial charge in [0.2, 0.25) is 0 Å². The van der Waals surface area contributed by atoms with Gasteiger partial charge in [-0.3, -0.25) is 9.59 Å². The van der Waals surface area contributed by atoms with Crippen LogP contribution in [0.3, 0.4) is 0 Å². The van der Waals surface area contributed by atoms with Crippen molar-refractivity contribution in [1.29, 1.82) is 0 Å². The first-order valence-corrected chi connectivity index (χ1v) is 12.6. The highest BCUT2D eigenvalue weighted by atomic mass is 35.5. The minimum Gasteiger partial charge on any atom is -0.480 e. The standard InChI is InChI=1S/C30H22Cl2N2O4/c1-34-26-12-5-2-7-18(26)15-22(29(34)36)21-14-13-17(19-8-3-4-9-20(19)21)16-25(30(37)38)33-28(35)27-23(31)10-6-11-24(27)32/h2-15,25H,16H2,1H3,(H,33,35)(H,37,38). The van der Waals surface area contributed by atoms with Crippen LogP contribution < -0.4 is 10.9 Å². The van der Waals surface area contributed by atoms with E-state index >= 15 is 0 Å². The molecule has 0 aliphatic heterocycles. The Labute approximate surface area is 228 Å². The topological polar surface area (TPSA) is 88.4 Å². The SMILES string of the molecule is Cn1c(=O)c(-c2ccc(CC(NC(=O)c3c(Cl)cccc3Cl)C(=O)O)c3ccccc23)cc2ccccc21. The zero-order valence-corrected chi connectivity index (χ0v) is 21.8. The summed E-state index contributed by atoms with van der Waals surface area (Å²) in [6.45, 7) is 0. The van der Waals surface area contributed by atoms with Crippen LogP contribution in [0.4, 0.5) is 0 Å². The summed E-state index contributed by atoms with van der Waals surface area (Å²) in [4.78, 5) is 38.3. The fourth-order valence-electron chi connectivity index (χ4n) is 4.75. The zero-order valence-electron chi connectivity index (χ0n) is 20.2. The van der Waals surface area contributed by atoms with Gasteiger partial charge in [-0.15, -0.1) is 0 Å².